The number of ether oxygens (including phenoxy) is 2. The smallest absolute Gasteiger partial charge is 0.437 e. The second-order valence-electron chi connectivity index (χ2n) is 6.49. The molecule has 0 atom stereocenters. The zero-order valence-corrected chi connectivity index (χ0v) is 13.7. The molecule has 122 valence electrons. The number of aromatic nitrogens is 2. The highest BCUT2D eigenvalue weighted by molar-refractivity contribution is 5.99. The van der Waals surface area contributed by atoms with Crippen LogP contribution in [-0.4, -0.2) is 39.1 Å². The predicted molar refractivity (Wildman–Crippen MR) is 80.7 cm³/mol. The summed E-state index contributed by atoms with van der Waals surface area (Å²) >= 11 is 0. The fourth-order valence-electron chi connectivity index (χ4n) is 1.30. The molecular formula is C14H22N4O4. The quantitative estimate of drug-likeness (QED) is 0.344. The first kappa shape index (κ1) is 17.7. The fraction of sp³-hybridized carbons (Fsp3) is 0.571. The summed E-state index contributed by atoms with van der Waals surface area (Å²) in [5.41, 5.74) is -1.37. The Morgan fingerprint density at radius 2 is 1.68 bits per heavy atom. The third kappa shape index (κ3) is 6.87. The number of aliphatic imine (C=N–C) groups is 1. The summed E-state index contributed by atoms with van der Waals surface area (Å²) in [5.74, 6) is -0.103. The van der Waals surface area contributed by atoms with E-state index < -0.39 is 23.4 Å². The molecule has 0 aliphatic carbocycles. The first-order valence-electron chi connectivity index (χ1n) is 6.78. The van der Waals surface area contributed by atoms with Crippen molar-refractivity contribution in [2.24, 2.45) is 4.99 Å². The second-order valence-corrected chi connectivity index (χ2v) is 6.49. The van der Waals surface area contributed by atoms with Gasteiger partial charge in [-0.2, -0.15) is 5.10 Å². The van der Waals surface area contributed by atoms with E-state index in [1.165, 1.54) is 17.1 Å². The van der Waals surface area contributed by atoms with E-state index in [-0.39, 0.29) is 5.96 Å². The lowest BCUT2D eigenvalue weighted by Crippen LogP contribution is -2.40. The van der Waals surface area contributed by atoms with Gasteiger partial charge in [-0.05, 0) is 47.6 Å². The maximum absolute atomic E-state index is 11.8. The third-order valence-corrected chi connectivity index (χ3v) is 1.92. The molecule has 8 nitrogen and oxygen atoms in total. The predicted octanol–water partition coefficient (Wildman–Crippen LogP) is 2.55. The Bertz CT molecular complexity index is 550. The highest BCUT2D eigenvalue weighted by Gasteiger charge is 2.21. The Kier molecular flexibility index (Phi) is 5.29. The van der Waals surface area contributed by atoms with E-state index in [1.54, 1.807) is 47.6 Å². The van der Waals surface area contributed by atoms with Gasteiger partial charge in [0.1, 0.15) is 11.2 Å². The van der Waals surface area contributed by atoms with E-state index in [1.807, 2.05) is 0 Å². The summed E-state index contributed by atoms with van der Waals surface area (Å²) in [6, 6.07) is 1.63. The number of alkyl carbamates (subject to hydrolysis) is 1. The molecule has 0 aliphatic heterocycles. The number of carbonyl (C=O) groups is 2. The number of hydrogen-bond donors (Lipinski definition) is 1. The molecule has 0 bridgehead atoms. The van der Waals surface area contributed by atoms with Crippen LogP contribution in [0.4, 0.5) is 9.59 Å². The van der Waals surface area contributed by atoms with E-state index in [2.05, 4.69) is 15.4 Å². The molecule has 2 amide bonds. The molecular weight excluding hydrogens is 291 g/mol. The molecule has 0 fully saturated rings. The molecule has 1 heterocycles. The number of amides is 2. The lowest BCUT2D eigenvalue weighted by Gasteiger charge is -2.20. The number of nitrogens with one attached hydrogen (secondary N) is 1. The molecule has 1 N–H and O–H groups in total. The average molecular weight is 313 g/mol. The molecule has 0 aromatic carbocycles. The standard InChI is InChI=1S/C14H22N4O4/c1-13(2,3)21-11(19)16-10(18-9-7-8-15-18)17-12(20)22-14(4,5)6/h7-9H,1-6H3,(H,16,17,19,20)/i10+1,16+1,17+1. The molecule has 0 unspecified atom stereocenters. The topological polar surface area (TPSA) is 94.8 Å². The number of rotatable bonds is 0. The molecule has 0 saturated carbocycles. The summed E-state index contributed by atoms with van der Waals surface area (Å²) in [7, 11) is 0. The van der Waals surface area contributed by atoms with Gasteiger partial charge < -0.3 is 9.47 Å². The minimum absolute atomic E-state index is 0.103. The van der Waals surface area contributed by atoms with Gasteiger partial charge in [0.05, 0.1) is 0 Å². The van der Waals surface area contributed by atoms with Crippen molar-refractivity contribution in [3.05, 3.63) is 18.5 Å². The highest BCUT2D eigenvalue weighted by atomic mass is 16.6. The Balaban J connectivity index is 2.91. The highest BCUT2D eigenvalue weighted by Crippen LogP contribution is 2.09. The number of hydrogen-bond acceptors (Lipinski definition) is 5. The minimum atomic E-state index is -0.839. The van der Waals surface area contributed by atoms with Crippen LogP contribution in [0.5, 0.6) is 0 Å². The van der Waals surface area contributed by atoms with Gasteiger partial charge in [-0.1, -0.05) is 0 Å². The molecule has 0 aliphatic rings. The SMILES string of the molecule is CC(C)(C)OC(=O)[15N]=[13C]([15NH]C(=O)OC(C)(C)C)n1cccn1. The normalized spacial score (nSPS) is 12.7. The van der Waals surface area contributed by atoms with Crippen molar-refractivity contribution in [3.63, 3.8) is 0 Å². The summed E-state index contributed by atoms with van der Waals surface area (Å²) in [5, 5.41) is 6.30. The van der Waals surface area contributed by atoms with Crippen LogP contribution in [0.15, 0.2) is 23.5 Å². The van der Waals surface area contributed by atoms with Crippen molar-refractivity contribution in [1.82, 2.24) is 15.1 Å². The van der Waals surface area contributed by atoms with Crippen LogP contribution in [0.3, 0.4) is 0 Å². The Hall–Kier alpha value is -2.38. The second kappa shape index (κ2) is 6.59. The van der Waals surface area contributed by atoms with Gasteiger partial charge >= 0.3 is 12.2 Å². The van der Waals surface area contributed by atoms with Crippen molar-refractivity contribution in [2.75, 3.05) is 0 Å². The van der Waals surface area contributed by atoms with E-state index in [0.717, 1.165) is 0 Å². The van der Waals surface area contributed by atoms with Gasteiger partial charge in [0.15, 0.2) is 0 Å². The Labute approximate surface area is 129 Å². The van der Waals surface area contributed by atoms with Crippen molar-refractivity contribution in [3.8, 4) is 0 Å². The maximum atomic E-state index is 11.8. The summed E-state index contributed by atoms with van der Waals surface area (Å²) < 4.78 is 11.4. The van der Waals surface area contributed by atoms with Gasteiger partial charge in [0.25, 0.3) is 0 Å². The third-order valence-electron chi connectivity index (χ3n) is 1.92. The van der Waals surface area contributed by atoms with Crippen molar-refractivity contribution in [2.45, 2.75) is 52.7 Å². The van der Waals surface area contributed by atoms with Gasteiger partial charge in [-0.15, -0.1) is 4.99 Å². The van der Waals surface area contributed by atoms with E-state index >= 15 is 0 Å². The Morgan fingerprint density at radius 3 is 2.14 bits per heavy atom. The van der Waals surface area contributed by atoms with E-state index in [0.29, 0.717) is 0 Å². The molecule has 8 heteroatoms. The Morgan fingerprint density at radius 1 is 1.09 bits per heavy atom. The molecule has 1 aromatic heterocycles. The fourth-order valence-corrected chi connectivity index (χ4v) is 1.30. The molecule has 1 aromatic rings. The van der Waals surface area contributed by atoms with E-state index in [9.17, 15) is 9.59 Å². The van der Waals surface area contributed by atoms with Crippen LogP contribution in [-0.2, 0) is 9.47 Å². The van der Waals surface area contributed by atoms with Crippen molar-refractivity contribution in [1.29, 1.82) is 0 Å². The lowest BCUT2D eigenvalue weighted by molar-refractivity contribution is 0.0560. The van der Waals surface area contributed by atoms with Gasteiger partial charge in [0.2, 0.25) is 5.96 Å². The first-order valence-corrected chi connectivity index (χ1v) is 6.78. The van der Waals surface area contributed by atoms with Crippen LogP contribution >= 0.6 is 0 Å². The largest absolute Gasteiger partial charge is 0.444 e. The van der Waals surface area contributed by atoms with Crippen LogP contribution < -0.4 is 5.32 Å². The van der Waals surface area contributed by atoms with Gasteiger partial charge in [-0.25, -0.2) is 14.3 Å². The van der Waals surface area contributed by atoms with E-state index in [4.69, 9.17) is 9.47 Å². The first-order chi connectivity index (χ1) is 9.96. The lowest BCUT2D eigenvalue weighted by atomic mass is 10.2. The van der Waals surface area contributed by atoms with Crippen LogP contribution in [0.1, 0.15) is 41.5 Å². The van der Waals surface area contributed by atoms with Crippen molar-refractivity contribution < 1.29 is 19.1 Å². The maximum Gasteiger partial charge on any atom is 0.437 e. The summed E-state index contributed by atoms with van der Waals surface area (Å²) in [4.78, 5) is 27.3. The van der Waals surface area contributed by atoms with Crippen LogP contribution in [0.2, 0.25) is 0 Å². The van der Waals surface area contributed by atoms with Gasteiger partial charge in [0, 0.05) is 12.4 Å². The number of nitrogens with zero attached hydrogens (tertiary/aromatic N) is 3. The average Bonchev–Trinajstić information content (AvgIpc) is 2.75. The van der Waals surface area contributed by atoms with Crippen molar-refractivity contribution >= 4 is 18.1 Å². The minimum Gasteiger partial charge on any atom is -0.444 e. The molecule has 0 spiro atoms. The number of carbonyl (C=O) groups excluding carboxylic acids is 2. The summed E-state index contributed by atoms with van der Waals surface area (Å²) in [6.07, 6.45) is 1.43. The molecule has 1 rings (SSSR count). The monoisotopic (exact) mass is 313 g/mol. The van der Waals surface area contributed by atoms with Crippen LogP contribution in [0, 0.1) is 0 Å². The van der Waals surface area contributed by atoms with Crippen LogP contribution in [0.25, 0.3) is 0 Å². The zero-order valence-electron chi connectivity index (χ0n) is 13.7. The van der Waals surface area contributed by atoms with Gasteiger partial charge in [-0.3, -0.25) is 5.32 Å². The summed E-state index contributed by atoms with van der Waals surface area (Å²) in [6.45, 7) is 10.3. The molecule has 0 saturated heterocycles. The zero-order chi connectivity index (χ0) is 17.0. The molecule has 0 radical (unpaired) electrons. The molecule has 22 heavy (non-hydrogen) atoms.